The zero-order chi connectivity index (χ0) is 19.3. The summed E-state index contributed by atoms with van der Waals surface area (Å²) in [6.07, 6.45) is 4.44. The lowest BCUT2D eigenvalue weighted by Crippen LogP contribution is -2.43. The summed E-state index contributed by atoms with van der Waals surface area (Å²) in [5.41, 5.74) is 2.15. The molecule has 2 aliphatic rings. The normalized spacial score (nSPS) is 18.9. The molecule has 0 fully saturated rings. The lowest BCUT2D eigenvalue weighted by Gasteiger charge is -2.30. The Labute approximate surface area is 155 Å². The first-order valence-corrected chi connectivity index (χ1v) is 8.79. The average molecular weight is 354 g/mol. The van der Waals surface area contributed by atoms with E-state index in [2.05, 4.69) is 39.1 Å². The first-order chi connectivity index (χ1) is 12.0. The SMILES string of the molecule is C=CC(C)(C)C1=Cc2cc3c(cc2OC1=C)OC(C(C)(C)OC(C)=O)C3. The Morgan fingerprint density at radius 3 is 2.58 bits per heavy atom. The molecule has 1 aromatic rings. The van der Waals surface area contributed by atoms with E-state index in [4.69, 9.17) is 14.2 Å². The van der Waals surface area contributed by atoms with E-state index in [0.29, 0.717) is 12.2 Å². The quantitative estimate of drug-likeness (QED) is 0.574. The summed E-state index contributed by atoms with van der Waals surface area (Å²) >= 11 is 0. The third-order valence-electron chi connectivity index (χ3n) is 5.09. The molecule has 0 amide bonds. The van der Waals surface area contributed by atoms with Crippen molar-refractivity contribution >= 4 is 12.0 Å². The fraction of sp³-hybridized carbons (Fsp3) is 0.409. The minimum Gasteiger partial charge on any atom is -0.485 e. The van der Waals surface area contributed by atoms with Gasteiger partial charge in [0.15, 0.2) is 0 Å². The highest BCUT2D eigenvalue weighted by Gasteiger charge is 2.40. The van der Waals surface area contributed by atoms with Crippen LogP contribution in [0.25, 0.3) is 6.08 Å². The van der Waals surface area contributed by atoms with E-state index in [1.807, 2.05) is 26.0 Å². The van der Waals surface area contributed by atoms with Gasteiger partial charge in [0.05, 0.1) is 0 Å². The maximum absolute atomic E-state index is 11.4. The zero-order valence-electron chi connectivity index (χ0n) is 16.1. The van der Waals surface area contributed by atoms with Gasteiger partial charge in [-0.1, -0.05) is 26.5 Å². The van der Waals surface area contributed by atoms with Gasteiger partial charge in [-0.25, -0.2) is 0 Å². The molecule has 2 heterocycles. The average Bonchev–Trinajstić information content (AvgIpc) is 2.94. The maximum Gasteiger partial charge on any atom is 0.303 e. The standard InChI is InChI=1S/C22H26O4/c1-8-21(4,5)17-10-15-9-16-11-20(22(6,7)26-14(3)23)25-19(16)12-18(15)24-13(17)2/h8-10,12,20H,1-2,11H2,3-7H3. The van der Waals surface area contributed by atoms with Gasteiger partial charge in [0.1, 0.15) is 29.0 Å². The number of hydrogen-bond donors (Lipinski definition) is 0. The van der Waals surface area contributed by atoms with Gasteiger partial charge < -0.3 is 14.2 Å². The van der Waals surface area contributed by atoms with Gasteiger partial charge in [0, 0.05) is 36.0 Å². The fourth-order valence-corrected chi connectivity index (χ4v) is 3.39. The van der Waals surface area contributed by atoms with Crippen LogP contribution in [-0.2, 0) is 16.0 Å². The molecule has 0 bridgehead atoms. The third kappa shape index (κ3) is 3.16. The molecule has 26 heavy (non-hydrogen) atoms. The van der Waals surface area contributed by atoms with E-state index in [1.165, 1.54) is 6.92 Å². The Hall–Kier alpha value is -2.49. The van der Waals surface area contributed by atoms with Crippen LogP contribution in [0.1, 0.15) is 45.7 Å². The van der Waals surface area contributed by atoms with Crippen LogP contribution in [0.5, 0.6) is 11.5 Å². The van der Waals surface area contributed by atoms with Crippen molar-refractivity contribution in [2.75, 3.05) is 0 Å². The Balaban J connectivity index is 1.94. The minimum atomic E-state index is -0.707. The molecule has 138 valence electrons. The molecule has 1 unspecified atom stereocenters. The van der Waals surface area contributed by atoms with Crippen LogP contribution in [0.15, 0.2) is 42.7 Å². The first kappa shape index (κ1) is 18.3. The van der Waals surface area contributed by atoms with Crippen LogP contribution >= 0.6 is 0 Å². The summed E-state index contributed by atoms with van der Waals surface area (Å²) in [4.78, 5) is 11.4. The van der Waals surface area contributed by atoms with Crippen molar-refractivity contribution in [3.8, 4) is 11.5 Å². The second kappa shape index (κ2) is 6.04. The number of carbonyl (C=O) groups excluding carboxylic acids is 1. The van der Waals surface area contributed by atoms with Gasteiger partial charge in [-0.15, -0.1) is 6.58 Å². The number of allylic oxidation sites excluding steroid dienone is 2. The summed E-state index contributed by atoms with van der Waals surface area (Å²) < 4.78 is 17.5. The highest BCUT2D eigenvalue weighted by molar-refractivity contribution is 5.71. The molecule has 1 atom stereocenters. The number of esters is 1. The summed E-state index contributed by atoms with van der Waals surface area (Å²) in [6.45, 7) is 17.3. The Bertz CT molecular complexity index is 827. The summed E-state index contributed by atoms with van der Waals surface area (Å²) in [5.74, 6) is 1.80. The smallest absolute Gasteiger partial charge is 0.303 e. The fourth-order valence-electron chi connectivity index (χ4n) is 3.39. The second-order valence-corrected chi connectivity index (χ2v) is 8.01. The summed E-state index contributed by atoms with van der Waals surface area (Å²) in [7, 11) is 0. The lowest BCUT2D eigenvalue weighted by atomic mass is 9.81. The number of rotatable bonds is 4. The molecule has 0 aromatic heterocycles. The van der Waals surface area contributed by atoms with Crippen LogP contribution in [0, 0.1) is 5.41 Å². The Morgan fingerprint density at radius 1 is 1.27 bits per heavy atom. The molecule has 0 spiro atoms. The lowest BCUT2D eigenvalue weighted by molar-refractivity contribution is -0.161. The molecule has 0 aliphatic carbocycles. The summed E-state index contributed by atoms with van der Waals surface area (Å²) in [6, 6.07) is 3.98. The predicted octanol–water partition coefficient (Wildman–Crippen LogP) is 4.83. The first-order valence-electron chi connectivity index (χ1n) is 8.79. The molecular weight excluding hydrogens is 328 g/mol. The van der Waals surface area contributed by atoms with Crippen LogP contribution in [0.4, 0.5) is 0 Å². The third-order valence-corrected chi connectivity index (χ3v) is 5.09. The van der Waals surface area contributed by atoms with E-state index in [-0.39, 0.29) is 17.5 Å². The van der Waals surface area contributed by atoms with Gasteiger partial charge >= 0.3 is 5.97 Å². The molecule has 1 aromatic carbocycles. The van der Waals surface area contributed by atoms with Gasteiger partial charge in [-0.3, -0.25) is 4.79 Å². The van der Waals surface area contributed by atoms with Crippen molar-refractivity contribution in [1.82, 2.24) is 0 Å². The molecule has 0 saturated carbocycles. The molecular formula is C22H26O4. The predicted molar refractivity (Wildman–Crippen MR) is 102 cm³/mol. The zero-order valence-corrected chi connectivity index (χ0v) is 16.1. The Morgan fingerprint density at radius 2 is 1.96 bits per heavy atom. The number of benzene rings is 1. The molecule has 2 aliphatic heterocycles. The van der Waals surface area contributed by atoms with Gasteiger partial charge in [0.2, 0.25) is 0 Å². The Kier molecular flexibility index (Phi) is 4.26. The molecule has 4 heteroatoms. The van der Waals surface area contributed by atoms with E-state index in [9.17, 15) is 4.79 Å². The van der Waals surface area contributed by atoms with Crippen molar-refractivity contribution in [1.29, 1.82) is 0 Å². The van der Waals surface area contributed by atoms with Crippen molar-refractivity contribution in [2.24, 2.45) is 5.41 Å². The largest absolute Gasteiger partial charge is 0.485 e. The number of carbonyl (C=O) groups is 1. The van der Waals surface area contributed by atoms with Crippen molar-refractivity contribution in [3.63, 3.8) is 0 Å². The van der Waals surface area contributed by atoms with Crippen LogP contribution in [0.3, 0.4) is 0 Å². The highest BCUT2D eigenvalue weighted by atomic mass is 16.6. The van der Waals surface area contributed by atoms with Gasteiger partial charge in [-0.05, 0) is 31.6 Å². The highest BCUT2D eigenvalue weighted by Crippen LogP contribution is 2.45. The molecule has 0 N–H and O–H groups in total. The summed E-state index contributed by atoms with van der Waals surface area (Å²) in [5, 5.41) is 0. The van der Waals surface area contributed by atoms with Crippen LogP contribution < -0.4 is 9.47 Å². The molecule has 4 nitrogen and oxygen atoms in total. The number of hydrogen-bond acceptors (Lipinski definition) is 4. The minimum absolute atomic E-state index is 0.232. The maximum atomic E-state index is 11.4. The van der Waals surface area contributed by atoms with E-state index < -0.39 is 5.60 Å². The van der Waals surface area contributed by atoms with Crippen LogP contribution in [0.2, 0.25) is 0 Å². The number of ether oxygens (including phenoxy) is 3. The molecule has 0 radical (unpaired) electrons. The topological polar surface area (TPSA) is 44.8 Å². The molecule has 0 saturated heterocycles. The van der Waals surface area contributed by atoms with Gasteiger partial charge in [-0.2, -0.15) is 0 Å². The number of fused-ring (bicyclic) bond motifs is 2. The second-order valence-electron chi connectivity index (χ2n) is 8.01. The van der Waals surface area contributed by atoms with Crippen molar-refractivity contribution in [2.45, 2.75) is 52.7 Å². The van der Waals surface area contributed by atoms with Gasteiger partial charge in [0.25, 0.3) is 0 Å². The van der Waals surface area contributed by atoms with E-state index in [0.717, 1.165) is 28.2 Å². The van der Waals surface area contributed by atoms with Crippen molar-refractivity contribution in [3.05, 3.63) is 53.8 Å². The van der Waals surface area contributed by atoms with Crippen molar-refractivity contribution < 1.29 is 19.0 Å². The van der Waals surface area contributed by atoms with Crippen LogP contribution in [-0.4, -0.2) is 17.7 Å². The monoisotopic (exact) mass is 354 g/mol. The van der Waals surface area contributed by atoms with E-state index in [1.54, 1.807) is 0 Å². The molecule has 3 rings (SSSR count). The van der Waals surface area contributed by atoms with E-state index >= 15 is 0 Å².